The van der Waals surface area contributed by atoms with Gasteiger partial charge in [-0.2, -0.15) is 4.98 Å². The zero-order valence-corrected chi connectivity index (χ0v) is 17.3. The second-order valence-electron chi connectivity index (χ2n) is 6.70. The van der Waals surface area contributed by atoms with E-state index in [2.05, 4.69) is 59.2 Å². The Hall–Kier alpha value is -2.41. The number of ether oxygens (including phenoxy) is 1. The van der Waals surface area contributed by atoms with Crippen LogP contribution in [0.4, 0.5) is 0 Å². The normalized spacial score (nSPS) is 10.9. The first-order valence-corrected chi connectivity index (χ1v) is 9.08. The number of halogens is 1. The maximum atomic E-state index is 5.54. The molecule has 0 aliphatic rings. The van der Waals surface area contributed by atoms with Crippen molar-refractivity contribution in [2.45, 2.75) is 39.5 Å². The lowest BCUT2D eigenvalue weighted by Gasteiger charge is -2.25. The van der Waals surface area contributed by atoms with Gasteiger partial charge in [-0.1, -0.05) is 47.6 Å². The van der Waals surface area contributed by atoms with Crippen LogP contribution < -0.4 is 10.5 Å². The molecule has 0 amide bonds. The van der Waals surface area contributed by atoms with E-state index in [-0.39, 0.29) is 19.0 Å². The molecule has 2 aromatic carbocycles. The summed E-state index contributed by atoms with van der Waals surface area (Å²) >= 11 is 0. The van der Waals surface area contributed by atoms with Gasteiger partial charge in [0.25, 0.3) is 0 Å². The van der Waals surface area contributed by atoms with E-state index in [4.69, 9.17) is 15.0 Å². The Morgan fingerprint density at radius 2 is 1.79 bits per heavy atom. The van der Waals surface area contributed by atoms with E-state index in [1.165, 1.54) is 5.56 Å². The molecule has 6 nitrogen and oxygen atoms in total. The molecule has 1 aromatic heterocycles. The summed E-state index contributed by atoms with van der Waals surface area (Å²) < 4.78 is 10.6. The van der Waals surface area contributed by atoms with Gasteiger partial charge in [0.1, 0.15) is 5.75 Å². The minimum absolute atomic E-state index is 0. The van der Waals surface area contributed by atoms with E-state index in [0.717, 1.165) is 23.4 Å². The van der Waals surface area contributed by atoms with E-state index < -0.39 is 0 Å². The van der Waals surface area contributed by atoms with Gasteiger partial charge in [-0.25, -0.2) is 0 Å². The summed E-state index contributed by atoms with van der Waals surface area (Å²) in [6.07, 6.45) is 0. The molecule has 0 unspecified atom stereocenters. The third kappa shape index (κ3) is 5.32. The lowest BCUT2D eigenvalue weighted by atomic mass is 10.0. The van der Waals surface area contributed by atoms with Crippen molar-refractivity contribution < 1.29 is 9.26 Å². The summed E-state index contributed by atoms with van der Waals surface area (Å²) in [6.45, 7) is 6.01. The van der Waals surface area contributed by atoms with Crippen LogP contribution >= 0.6 is 12.4 Å². The standard InChI is InChI=1S/C21H26N4O2.ClH/c1-15(2)25(14-20-23-21(12-22)27-24-20)13-16-8-10-17(11-9-16)18-6-4-5-7-19(18)26-3;/h4-11,15H,12-14,22H2,1-3H3;1H. The number of benzene rings is 2. The Kier molecular flexibility index (Phi) is 7.99. The Balaban J connectivity index is 0.00000280. The van der Waals surface area contributed by atoms with Gasteiger partial charge in [0.15, 0.2) is 5.82 Å². The predicted molar refractivity (Wildman–Crippen MR) is 112 cm³/mol. The molecule has 0 aliphatic carbocycles. The molecule has 0 bridgehead atoms. The molecule has 0 fully saturated rings. The summed E-state index contributed by atoms with van der Waals surface area (Å²) in [5.74, 6) is 2.01. The smallest absolute Gasteiger partial charge is 0.240 e. The van der Waals surface area contributed by atoms with Gasteiger partial charge in [-0.15, -0.1) is 12.4 Å². The van der Waals surface area contributed by atoms with Gasteiger partial charge in [-0.05, 0) is 31.0 Å². The molecule has 1 heterocycles. The molecule has 0 spiro atoms. The summed E-state index contributed by atoms with van der Waals surface area (Å²) in [6, 6.07) is 17.0. The first kappa shape index (κ1) is 21.9. The fourth-order valence-corrected chi connectivity index (χ4v) is 2.95. The van der Waals surface area contributed by atoms with E-state index in [9.17, 15) is 0 Å². The molecule has 0 saturated carbocycles. The number of hydrogen-bond acceptors (Lipinski definition) is 6. The van der Waals surface area contributed by atoms with Crippen molar-refractivity contribution >= 4 is 12.4 Å². The van der Waals surface area contributed by atoms with Crippen molar-refractivity contribution in [2.75, 3.05) is 7.11 Å². The number of aromatic nitrogens is 2. The molecule has 28 heavy (non-hydrogen) atoms. The van der Waals surface area contributed by atoms with E-state index in [1.54, 1.807) is 7.11 Å². The van der Waals surface area contributed by atoms with Crippen LogP contribution in [0, 0.1) is 0 Å². The van der Waals surface area contributed by atoms with Gasteiger partial charge in [0, 0.05) is 18.2 Å². The zero-order valence-electron chi connectivity index (χ0n) is 16.5. The van der Waals surface area contributed by atoms with Crippen LogP contribution in [0.5, 0.6) is 5.75 Å². The SMILES string of the molecule is COc1ccccc1-c1ccc(CN(Cc2noc(CN)n2)C(C)C)cc1.Cl. The first-order chi connectivity index (χ1) is 13.1. The summed E-state index contributed by atoms with van der Waals surface area (Å²) in [4.78, 5) is 6.60. The van der Waals surface area contributed by atoms with Crippen LogP contribution in [0.1, 0.15) is 31.1 Å². The maximum absolute atomic E-state index is 5.54. The molecule has 7 heteroatoms. The van der Waals surface area contributed by atoms with Crippen LogP contribution in [0.3, 0.4) is 0 Å². The third-order valence-corrected chi connectivity index (χ3v) is 4.52. The summed E-state index contributed by atoms with van der Waals surface area (Å²) in [5, 5.41) is 4.00. The number of para-hydroxylation sites is 1. The molecule has 0 aliphatic heterocycles. The molecule has 3 rings (SSSR count). The Bertz CT molecular complexity index is 865. The minimum Gasteiger partial charge on any atom is -0.496 e. The van der Waals surface area contributed by atoms with Crippen LogP contribution in [0.15, 0.2) is 53.1 Å². The Morgan fingerprint density at radius 1 is 1.07 bits per heavy atom. The number of rotatable bonds is 8. The second-order valence-corrected chi connectivity index (χ2v) is 6.70. The lowest BCUT2D eigenvalue weighted by Crippen LogP contribution is -2.30. The van der Waals surface area contributed by atoms with Gasteiger partial charge >= 0.3 is 0 Å². The number of methoxy groups -OCH3 is 1. The highest BCUT2D eigenvalue weighted by atomic mass is 35.5. The van der Waals surface area contributed by atoms with E-state index in [0.29, 0.717) is 24.3 Å². The number of hydrogen-bond donors (Lipinski definition) is 1. The van der Waals surface area contributed by atoms with Crippen molar-refractivity contribution in [1.29, 1.82) is 0 Å². The second kappa shape index (κ2) is 10.2. The summed E-state index contributed by atoms with van der Waals surface area (Å²) in [5.41, 5.74) is 9.00. The zero-order chi connectivity index (χ0) is 19.2. The topological polar surface area (TPSA) is 77.4 Å². The molecule has 2 N–H and O–H groups in total. The summed E-state index contributed by atoms with van der Waals surface area (Å²) in [7, 11) is 1.70. The van der Waals surface area contributed by atoms with Crippen molar-refractivity contribution in [3.63, 3.8) is 0 Å². The Morgan fingerprint density at radius 3 is 2.39 bits per heavy atom. The molecule has 0 atom stereocenters. The van der Waals surface area contributed by atoms with Gasteiger partial charge in [0.2, 0.25) is 5.89 Å². The van der Waals surface area contributed by atoms with E-state index in [1.807, 2.05) is 18.2 Å². The highest BCUT2D eigenvalue weighted by Gasteiger charge is 2.15. The van der Waals surface area contributed by atoms with Crippen LogP contribution in [0.25, 0.3) is 11.1 Å². The van der Waals surface area contributed by atoms with Crippen LogP contribution in [-0.2, 0) is 19.6 Å². The fourth-order valence-electron chi connectivity index (χ4n) is 2.95. The molecular weight excluding hydrogens is 376 g/mol. The third-order valence-electron chi connectivity index (χ3n) is 4.52. The quantitative estimate of drug-likeness (QED) is 0.612. The van der Waals surface area contributed by atoms with Gasteiger partial charge in [-0.3, -0.25) is 4.90 Å². The average Bonchev–Trinajstić information content (AvgIpc) is 3.15. The number of nitrogens with zero attached hydrogens (tertiary/aromatic N) is 3. The monoisotopic (exact) mass is 402 g/mol. The minimum atomic E-state index is 0. The Labute approximate surface area is 172 Å². The van der Waals surface area contributed by atoms with Crippen LogP contribution in [-0.4, -0.2) is 28.2 Å². The predicted octanol–water partition coefficient (Wildman–Crippen LogP) is 4.04. The van der Waals surface area contributed by atoms with Crippen molar-refractivity contribution in [2.24, 2.45) is 5.73 Å². The number of nitrogens with two attached hydrogens (primary N) is 1. The van der Waals surface area contributed by atoms with Crippen LogP contribution in [0.2, 0.25) is 0 Å². The maximum Gasteiger partial charge on any atom is 0.240 e. The molecule has 3 aromatic rings. The largest absolute Gasteiger partial charge is 0.496 e. The molecule has 0 saturated heterocycles. The lowest BCUT2D eigenvalue weighted by molar-refractivity contribution is 0.196. The van der Waals surface area contributed by atoms with Crippen molar-refractivity contribution in [3.8, 4) is 16.9 Å². The van der Waals surface area contributed by atoms with Gasteiger partial charge < -0.3 is 15.0 Å². The van der Waals surface area contributed by atoms with E-state index >= 15 is 0 Å². The van der Waals surface area contributed by atoms with Gasteiger partial charge in [0.05, 0.1) is 20.2 Å². The fraction of sp³-hybridized carbons (Fsp3) is 0.333. The first-order valence-electron chi connectivity index (χ1n) is 9.08. The highest BCUT2D eigenvalue weighted by molar-refractivity contribution is 5.85. The average molecular weight is 403 g/mol. The molecule has 150 valence electrons. The van der Waals surface area contributed by atoms with Crippen molar-refractivity contribution in [1.82, 2.24) is 15.0 Å². The van der Waals surface area contributed by atoms with Crippen molar-refractivity contribution in [3.05, 3.63) is 65.8 Å². The molecule has 0 radical (unpaired) electrons. The molecular formula is C21H27ClN4O2. The highest BCUT2D eigenvalue weighted by Crippen LogP contribution is 2.29.